The number of esters is 1. The lowest BCUT2D eigenvalue weighted by atomic mass is 9.78. The van der Waals surface area contributed by atoms with Gasteiger partial charge in [0.25, 0.3) is 11.7 Å². The van der Waals surface area contributed by atoms with Crippen LogP contribution in [0.4, 0.5) is 0 Å². The van der Waals surface area contributed by atoms with Gasteiger partial charge in [-0.3, -0.25) is 19.2 Å². The molecule has 15 atom stereocenters. The van der Waals surface area contributed by atoms with Crippen molar-refractivity contribution in [2.24, 2.45) is 35.5 Å². The fourth-order valence-corrected chi connectivity index (χ4v) is 10.4. The van der Waals surface area contributed by atoms with Crippen molar-refractivity contribution in [2.75, 3.05) is 27.9 Å². The number of rotatable bonds is 6. The van der Waals surface area contributed by atoms with Crippen LogP contribution in [0.1, 0.15) is 132 Å². The third-order valence-corrected chi connectivity index (χ3v) is 15.0. The molecule has 3 heterocycles. The smallest absolute Gasteiger partial charge is 0.332 e. The summed E-state index contributed by atoms with van der Waals surface area (Å²) in [5, 5.41) is 34.0. The molecule has 14 heteroatoms. The maximum Gasteiger partial charge on any atom is 0.332 e. The number of nitrogens with zero attached hydrogens (tertiary/aromatic N) is 1. The number of aliphatic hydroxyl groups is 3. The summed E-state index contributed by atoms with van der Waals surface area (Å²) < 4.78 is 29.5. The van der Waals surface area contributed by atoms with E-state index in [0.29, 0.717) is 63.4 Å². The zero-order valence-electron chi connectivity index (χ0n) is 41.5. The molecule has 0 spiro atoms. The number of ether oxygens (including phenoxy) is 5. The Morgan fingerprint density at radius 1 is 0.864 bits per heavy atom. The molecule has 3 fully saturated rings. The summed E-state index contributed by atoms with van der Waals surface area (Å²) >= 11 is 0. The Bertz CT molecular complexity index is 1810. The predicted octanol–water partition coefficient (Wildman–Crippen LogP) is 6.57. The topological polar surface area (TPSA) is 195 Å². The molecule has 2 saturated heterocycles. The number of aliphatic hydroxyl groups excluding tert-OH is 2. The number of piperidine rings is 1. The van der Waals surface area contributed by atoms with E-state index in [1.807, 2.05) is 58.1 Å². The van der Waals surface area contributed by atoms with Gasteiger partial charge in [0.1, 0.15) is 29.6 Å². The summed E-state index contributed by atoms with van der Waals surface area (Å²) in [6, 6.07) is 0. The highest BCUT2D eigenvalue weighted by atomic mass is 16.6. The second-order valence-corrected chi connectivity index (χ2v) is 20.2. The van der Waals surface area contributed by atoms with Crippen molar-refractivity contribution in [3.63, 3.8) is 0 Å². The van der Waals surface area contributed by atoms with E-state index in [2.05, 4.69) is 0 Å². The van der Waals surface area contributed by atoms with Gasteiger partial charge in [-0.15, -0.1) is 0 Å². The SMILES string of the molecule is CO[C@H]1C[C@@H]2CC[C@@H](C)[C@@](O)(O2)C(=O)C(=O)N2CCCC[C@@]2(C)C(=O)OC([C@H](C)CC2CC[C@@H](O)[C@H](OC)C2)CC(=O)[C@H](C)/C=C(\C)C(O)[C@@H](OC)C(=O)C(C)CC(C)/C=C/C=CC=C1C. The quantitative estimate of drug-likeness (QED) is 0.147. The molecular formula is C52H81NO13. The number of fused-ring (bicyclic) bond motifs is 3. The van der Waals surface area contributed by atoms with Crippen molar-refractivity contribution in [3.05, 3.63) is 47.6 Å². The average molecular weight is 928 g/mol. The van der Waals surface area contributed by atoms with Crippen molar-refractivity contribution in [2.45, 2.75) is 186 Å². The molecular weight excluding hydrogens is 847 g/mol. The molecule has 0 aromatic heterocycles. The molecule has 4 aliphatic rings. The summed E-state index contributed by atoms with van der Waals surface area (Å²) in [7, 11) is 4.52. The highest BCUT2D eigenvalue weighted by Gasteiger charge is 2.55. The highest BCUT2D eigenvalue weighted by molar-refractivity contribution is 6.39. The standard InChI is InChI=1S/C52H81NO13/c1-31-17-13-12-14-18-32(2)42(62-9)29-39-21-19-37(7)52(61,66-39)48(58)49(59)53-24-16-15-23-51(53,8)50(60)65-43(34(4)27-38-20-22-40(54)44(28-38)63-10)30-41(55)33(3)26-36(6)46(57)47(64-11)45(56)35(5)25-31/h12-14,17-18,26,31,33-35,37-40,42-44,46-47,54,57,61H,15-16,19-25,27-30H2,1-11H3/b14-12?,17-13+,32-18?,36-26+/t31?,33-,34-,35?,37-,38?,39+,40-,42+,43?,44-,46?,47+,51+,52-/m1/s1. The van der Waals surface area contributed by atoms with E-state index in [4.69, 9.17) is 23.7 Å². The largest absolute Gasteiger partial charge is 0.460 e. The van der Waals surface area contributed by atoms with Crippen molar-refractivity contribution in [3.8, 4) is 0 Å². The molecule has 0 aromatic rings. The molecule has 3 aliphatic heterocycles. The lowest BCUT2D eigenvalue weighted by Gasteiger charge is -2.46. The zero-order valence-corrected chi connectivity index (χ0v) is 41.5. The lowest BCUT2D eigenvalue weighted by Crippen LogP contribution is -2.64. The van der Waals surface area contributed by atoms with Gasteiger partial charge in [-0.2, -0.15) is 0 Å². The Morgan fingerprint density at radius 2 is 1.58 bits per heavy atom. The van der Waals surface area contributed by atoms with Gasteiger partial charge in [0, 0.05) is 58.5 Å². The number of carbonyl (C=O) groups excluding carboxylic acids is 5. The summed E-state index contributed by atoms with van der Waals surface area (Å²) in [6.07, 6.45) is 11.0. The fourth-order valence-electron chi connectivity index (χ4n) is 10.4. The average Bonchev–Trinajstić information content (AvgIpc) is 3.28. The molecule has 66 heavy (non-hydrogen) atoms. The normalized spacial score (nSPS) is 39.8. The molecule has 0 radical (unpaired) electrons. The van der Waals surface area contributed by atoms with Crippen LogP contribution in [0.15, 0.2) is 47.6 Å². The maximum absolute atomic E-state index is 14.7. The van der Waals surface area contributed by atoms with Gasteiger partial charge < -0.3 is 43.9 Å². The number of ketones is 3. The number of methoxy groups -OCH3 is 3. The monoisotopic (exact) mass is 928 g/mol. The van der Waals surface area contributed by atoms with Crippen LogP contribution in [0.5, 0.6) is 0 Å². The van der Waals surface area contributed by atoms with E-state index in [1.165, 1.54) is 12.0 Å². The van der Waals surface area contributed by atoms with Crippen LogP contribution in [0.3, 0.4) is 0 Å². The van der Waals surface area contributed by atoms with Crippen LogP contribution < -0.4 is 0 Å². The highest BCUT2D eigenvalue weighted by Crippen LogP contribution is 2.39. The molecule has 372 valence electrons. The second-order valence-electron chi connectivity index (χ2n) is 20.2. The first-order chi connectivity index (χ1) is 31.1. The molecule has 1 saturated carbocycles. The number of Topliss-reactive ketones (excluding diaryl/α,β-unsaturated/α-hetero) is 3. The Labute approximate surface area is 393 Å². The Kier molecular flexibility index (Phi) is 20.7. The number of amides is 1. The third kappa shape index (κ3) is 13.7. The fraction of sp³-hybridized carbons (Fsp3) is 0.750. The van der Waals surface area contributed by atoms with Gasteiger partial charge in [0.15, 0.2) is 5.78 Å². The lowest BCUT2D eigenvalue weighted by molar-refractivity contribution is -0.266. The zero-order chi connectivity index (χ0) is 49.1. The number of carbonyl (C=O) groups is 5. The molecule has 2 bridgehead atoms. The van der Waals surface area contributed by atoms with E-state index < -0.39 is 83.4 Å². The van der Waals surface area contributed by atoms with Crippen LogP contribution in [-0.2, 0) is 47.7 Å². The second kappa shape index (κ2) is 24.8. The van der Waals surface area contributed by atoms with Crippen LogP contribution in [0.25, 0.3) is 0 Å². The number of hydrogen-bond acceptors (Lipinski definition) is 13. The summed E-state index contributed by atoms with van der Waals surface area (Å²) in [5.41, 5.74) is -0.343. The Balaban J connectivity index is 1.73. The van der Waals surface area contributed by atoms with Gasteiger partial charge in [0.05, 0.1) is 24.4 Å². The molecule has 14 nitrogen and oxygen atoms in total. The Hall–Kier alpha value is -3.37. The first-order valence-corrected chi connectivity index (χ1v) is 24.3. The van der Waals surface area contributed by atoms with E-state index in [0.717, 1.165) is 12.0 Å². The summed E-state index contributed by atoms with van der Waals surface area (Å²) in [4.78, 5) is 72.6. The van der Waals surface area contributed by atoms with E-state index in [1.54, 1.807) is 48.0 Å². The summed E-state index contributed by atoms with van der Waals surface area (Å²) in [5.74, 6) is -8.07. The maximum atomic E-state index is 14.7. The van der Waals surface area contributed by atoms with Crippen LogP contribution in [0.2, 0.25) is 0 Å². The van der Waals surface area contributed by atoms with Gasteiger partial charge >= 0.3 is 5.97 Å². The third-order valence-electron chi connectivity index (χ3n) is 15.0. The minimum atomic E-state index is -2.45. The van der Waals surface area contributed by atoms with Gasteiger partial charge in [-0.25, -0.2) is 4.79 Å². The van der Waals surface area contributed by atoms with E-state index in [9.17, 15) is 39.3 Å². The van der Waals surface area contributed by atoms with Crippen LogP contribution >= 0.6 is 0 Å². The molecule has 4 rings (SSSR count). The number of hydrogen-bond donors (Lipinski definition) is 3. The number of allylic oxidation sites excluding steroid dienone is 6. The first-order valence-electron chi connectivity index (χ1n) is 24.3. The number of cyclic esters (lactones) is 1. The Morgan fingerprint density at radius 3 is 2.24 bits per heavy atom. The minimum absolute atomic E-state index is 0.0171. The summed E-state index contributed by atoms with van der Waals surface area (Å²) in [6.45, 7) is 14.3. The first kappa shape index (κ1) is 55.2. The molecule has 1 amide bonds. The van der Waals surface area contributed by atoms with Crippen molar-refractivity contribution >= 4 is 29.2 Å². The van der Waals surface area contributed by atoms with E-state index >= 15 is 0 Å². The van der Waals surface area contributed by atoms with Gasteiger partial charge in [-0.05, 0) is 114 Å². The molecule has 3 N–H and O–H groups in total. The van der Waals surface area contributed by atoms with E-state index in [-0.39, 0.29) is 54.8 Å². The molecule has 5 unspecified atom stereocenters. The van der Waals surface area contributed by atoms with Crippen LogP contribution in [0, 0.1) is 35.5 Å². The molecule has 1 aliphatic carbocycles. The predicted molar refractivity (Wildman–Crippen MR) is 250 cm³/mol. The van der Waals surface area contributed by atoms with Gasteiger partial charge in [-0.1, -0.05) is 71.1 Å². The van der Waals surface area contributed by atoms with Crippen LogP contribution in [-0.4, -0.2) is 131 Å². The van der Waals surface area contributed by atoms with Crippen molar-refractivity contribution < 1.29 is 63.0 Å². The van der Waals surface area contributed by atoms with Gasteiger partial charge in [0.2, 0.25) is 5.79 Å². The molecule has 0 aromatic carbocycles. The van der Waals surface area contributed by atoms with Crippen molar-refractivity contribution in [1.82, 2.24) is 4.90 Å². The minimum Gasteiger partial charge on any atom is -0.460 e. The van der Waals surface area contributed by atoms with Crippen molar-refractivity contribution in [1.29, 1.82) is 0 Å².